The van der Waals surface area contributed by atoms with Crippen molar-refractivity contribution in [1.29, 1.82) is 0 Å². The molecule has 2 aromatic carbocycles. The normalized spacial score (nSPS) is 13.8. The molecule has 31 heavy (non-hydrogen) atoms. The number of hydrogen-bond donors (Lipinski definition) is 1. The van der Waals surface area contributed by atoms with Gasteiger partial charge in [-0.1, -0.05) is 24.6 Å². The van der Waals surface area contributed by atoms with Crippen LogP contribution in [0.15, 0.2) is 40.8 Å². The SMILES string of the molecule is Cc1c(C(=O)Nc2cc(-c3nnc4n3CCCCC4)ccc2F)oc2c(C)cccc12. The Hall–Kier alpha value is -3.48. The minimum absolute atomic E-state index is 0.0880. The van der Waals surface area contributed by atoms with Crippen molar-refractivity contribution in [3.63, 3.8) is 0 Å². The molecule has 5 rings (SSSR count). The molecule has 3 heterocycles. The van der Waals surface area contributed by atoms with Gasteiger partial charge in [-0.2, -0.15) is 0 Å². The van der Waals surface area contributed by atoms with Crippen molar-refractivity contribution in [2.24, 2.45) is 0 Å². The van der Waals surface area contributed by atoms with Crippen molar-refractivity contribution in [2.45, 2.75) is 46.1 Å². The molecule has 0 radical (unpaired) electrons. The molecule has 1 aliphatic rings. The van der Waals surface area contributed by atoms with Gasteiger partial charge in [-0.05, 0) is 50.5 Å². The van der Waals surface area contributed by atoms with Gasteiger partial charge in [-0.3, -0.25) is 4.79 Å². The van der Waals surface area contributed by atoms with E-state index >= 15 is 0 Å². The fourth-order valence-corrected chi connectivity index (χ4v) is 4.24. The number of hydrogen-bond acceptors (Lipinski definition) is 4. The van der Waals surface area contributed by atoms with Crippen LogP contribution in [0.1, 0.15) is 46.8 Å². The molecule has 2 aromatic heterocycles. The van der Waals surface area contributed by atoms with Gasteiger partial charge in [0.1, 0.15) is 17.2 Å². The minimum Gasteiger partial charge on any atom is -0.450 e. The van der Waals surface area contributed by atoms with Crippen LogP contribution >= 0.6 is 0 Å². The number of carbonyl (C=O) groups is 1. The summed E-state index contributed by atoms with van der Waals surface area (Å²) < 4.78 is 22.5. The van der Waals surface area contributed by atoms with E-state index in [1.54, 1.807) is 12.1 Å². The fraction of sp³-hybridized carbons (Fsp3) is 0.292. The second kappa shape index (κ2) is 7.65. The van der Waals surface area contributed by atoms with Crippen molar-refractivity contribution in [2.75, 3.05) is 5.32 Å². The molecule has 158 valence electrons. The summed E-state index contributed by atoms with van der Waals surface area (Å²) in [6.45, 7) is 4.60. The van der Waals surface area contributed by atoms with E-state index < -0.39 is 11.7 Å². The van der Waals surface area contributed by atoms with Crippen molar-refractivity contribution < 1.29 is 13.6 Å². The summed E-state index contributed by atoms with van der Waals surface area (Å²) in [5, 5.41) is 12.2. The smallest absolute Gasteiger partial charge is 0.291 e. The third-order valence-corrected chi connectivity index (χ3v) is 5.95. The van der Waals surface area contributed by atoms with Crippen LogP contribution < -0.4 is 5.32 Å². The van der Waals surface area contributed by atoms with Crippen molar-refractivity contribution in [3.05, 3.63) is 64.9 Å². The summed E-state index contributed by atoms with van der Waals surface area (Å²) in [4.78, 5) is 12.9. The number of nitrogens with zero attached hydrogens (tertiary/aromatic N) is 3. The Labute approximate surface area is 179 Å². The van der Waals surface area contributed by atoms with E-state index in [2.05, 4.69) is 20.1 Å². The van der Waals surface area contributed by atoms with E-state index in [0.717, 1.165) is 60.1 Å². The first-order valence-electron chi connectivity index (χ1n) is 10.5. The first-order valence-corrected chi connectivity index (χ1v) is 10.5. The molecular weight excluding hydrogens is 395 g/mol. The Balaban J connectivity index is 1.48. The second-order valence-corrected chi connectivity index (χ2v) is 8.06. The minimum atomic E-state index is -0.516. The van der Waals surface area contributed by atoms with E-state index in [0.29, 0.717) is 11.4 Å². The Morgan fingerprint density at radius 2 is 2.00 bits per heavy atom. The number of halogens is 1. The number of anilines is 1. The van der Waals surface area contributed by atoms with Gasteiger partial charge in [0, 0.05) is 29.5 Å². The number of amides is 1. The Morgan fingerprint density at radius 1 is 1.13 bits per heavy atom. The average molecular weight is 418 g/mol. The maximum atomic E-state index is 14.6. The molecule has 1 aliphatic heterocycles. The number of rotatable bonds is 3. The highest BCUT2D eigenvalue weighted by molar-refractivity contribution is 6.07. The number of para-hydroxylation sites is 1. The fourth-order valence-electron chi connectivity index (χ4n) is 4.24. The topological polar surface area (TPSA) is 73.0 Å². The van der Waals surface area contributed by atoms with Crippen LogP contribution in [0.3, 0.4) is 0 Å². The number of fused-ring (bicyclic) bond motifs is 2. The molecule has 1 amide bonds. The molecule has 7 heteroatoms. The highest BCUT2D eigenvalue weighted by Gasteiger charge is 2.21. The van der Waals surface area contributed by atoms with Crippen molar-refractivity contribution >= 4 is 22.6 Å². The lowest BCUT2D eigenvalue weighted by Crippen LogP contribution is -2.13. The van der Waals surface area contributed by atoms with Gasteiger partial charge < -0.3 is 14.3 Å². The predicted octanol–water partition coefficient (Wildman–Crippen LogP) is 5.43. The predicted molar refractivity (Wildman–Crippen MR) is 117 cm³/mol. The van der Waals surface area contributed by atoms with E-state index in [1.807, 2.05) is 32.0 Å². The summed E-state index contributed by atoms with van der Waals surface area (Å²) in [5.74, 6) is 0.839. The molecule has 0 bridgehead atoms. The maximum Gasteiger partial charge on any atom is 0.291 e. The lowest BCUT2D eigenvalue weighted by atomic mass is 10.1. The Bertz CT molecular complexity index is 1300. The molecule has 0 saturated heterocycles. The molecule has 1 N–H and O–H groups in total. The lowest BCUT2D eigenvalue weighted by molar-refractivity contribution is 0.0997. The van der Waals surface area contributed by atoms with Gasteiger partial charge >= 0.3 is 0 Å². The maximum absolute atomic E-state index is 14.6. The summed E-state index contributed by atoms with van der Waals surface area (Å²) >= 11 is 0. The van der Waals surface area contributed by atoms with Crippen LogP contribution in [-0.2, 0) is 13.0 Å². The van der Waals surface area contributed by atoms with Gasteiger partial charge in [-0.25, -0.2) is 4.39 Å². The third-order valence-electron chi connectivity index (χ3n) is 5.95. The number of benzene rings is 2. The largest absolute Gasteiger partial charge is 0.450 e. The number of aryl methyl sites for hydroxylation is 3. The second-order valence-electron chi connectivity index (χ2n) is 8.06. The monoisotopic (exact) mass is 418 g/mol. The first-order chi connectivity index (χ1) is 15.0. The standard InChI is InChI=1S/C24H23FN4O2/c1-14-7-6-8-17-15(2)22(31-21(14)17)24(30)26-19-13-16(10-11-18(19)25)23-28-27-20-9-4-3-5-12-29(20)23/h6-8,10-11,13H,3-5,9,12H2,1-2H3,(H,26,30). The van der Waals surface area contributed by atoms with E-state index in [-0.39, 0.29) is 11.4 Å². The van der Waals surface area contributed by atoms with Gasteiger partial charge in [0.15, 0.2) is 11.6 Å². The number of aromatic nitrogens is 3. The van der Waals surface area contributed by atoms with E-state index in [1.165, 1.54) is 6.07 Å². The van der Waals surface area contributed by atoms with Crippen LogP contribution in [-0.4, -0.2) is 20.7 Å². The molecule has 0 aliphatic carbocycles. The number of nitrogens with one attached hydrogen (secondary N) is 1. The first kappa shape index (κ1) is 19.5. The third kappa shape index (κ3) is 3.40. The van der Waals surface area contributed by atoms with E-state index in [9.17, 15) is 9.18 Å². The van der Waals surface area contributed by atoms with Crippen LogP contribution in [0, 0.1) is 19.7 Å². The summed E-state index contributed by atoms with van der Waals surface area (Å²) in [5.41, 5.74) is 3.15. The Kier molecular flexibility index (Phi) is 4.81. The van der Waals surface area contributed by atoms with E-state index in [4.69, 9.17) is 4.42 Å². The highest BCUT2D eigenvalue weighted by Crippen LogP contribution is 2.30. The zero-order chi connectivity index (χ0) is 21.5. The van der Waals surface area contributed by atoms with Gasteiger partial charge in [0.05, 0.1) is 5.69 Å². The molecule has 0 atom stereocenters. The van der Waals surface area contributed by atoms with Crippen LogP contribution in [0.5, 0.6) is 0 Å². The molecule has 0 fully saturated rings. The van der Waals surface area contributed by atoms with Gasteiger partial charge in [0.25, 0.3) is 5.91 Å². The summed E-state index contributed by atoms with van der Waals surface area (Å²) in [6, 6.07) is 10.4. The zero-order valence-electron chi connectivity index (χ0n) is 17.5. The molecule has 0 spiro atoms. The molecule has 6 nitrogen and oxygen atoms in total. The lowest BCUT2D eigenvalue weighted by Gasteiger charge is -2.10. The molecule has 0 saturated carbocycles. The van der Waals surface area contributed by atoms with Crippen molar-refractivity contribution in [1.82, 2.24) is 14.8 Å². The zero-order valence-corrected chi connectivity index (χ0v) is 17.5. The van der Waals surface area contributed by atoms with Crippen LogP contribution in [0.4, 0.5) is 10.1 Å². The Morgan fingerprint density at radius 3 is 2.84 bits per heavy atom. The van der Waals surface area contributed by atoms with Gasteiger partial charge in [-0.15, -0.1) is 10.2 Å². The number of carbonyl (C=O) groups excluding carboxylic acids is 1. The van der Waals surface area contributed by atoms with Crippen molar-refractivity contribution in [3.8, 4) is 11.4 Å². The number of furan rings is 1. The molecular formula is C24H23FN4O2. The van der Waals surface area contributed by atoms with Crippen LogP contribution in [0.25, 0.3) is 22.4 Å². The van der Waals surface area contributed by atoms with Gasteiger partial charge in [0.2, 0.25) is 0 Å². The molecule has 4 aromatic rings. The molecule has 0 unspecified atom stereocenters. The van der Waals surface area contributed by atoms with Crippen LogP contribution in [0.2, 0.25) is 0 Å². The highest BCUT2D eigenvalue weighted by atomic mass is 19.1. The summed E-state index contributed by atoms with van der Waals surface area (Å²) in [6.07, 6.45) is 4.21. The average Bonchev–Trinajstić information content (AvgIpc) is 3.23. The quantitative estimate of drug-likeness (QED) is 0.482. The summed E-state index contributed by atoms with van der Waals surface area (Å²) in [7, 11) is 0.